The lowest BCUT2D eigenvalue weighted by Crippen LogP contribution is -2.59. The van der Waals surface area contributed by atoms with Crippen molar-refractivity contribution >= 4 is 82.2 Å². The summed E-state index contributed by atoms with van der Waals surface area (Å²) >= 11 is 0. The van der Waals surface area contributed by atoms with E-state index in [1.54, 1.807) is 36.5 Å². The zero-order valence-electron chi connectivity index (χ0n) is 42.5. The molecule has 7 atom stereocenters. The van der Waals surface area contributed by atoms with E-state index in [4.69, 9.17) is 33.8 Å². The molecular formula is C49H73N17O10. The molecular weight excluding hydrogens is 987 g/mol. The van der Waals surface area contributed by atoms with Crippen molar-refractivity contribution < 1.29 is 48.3 Å². The Balaban J connectivity index is 1.45. The number of aromatic amines is 1. The van der Waals surface area contributed by atoms with Crippen LogP contribution >= 0.6 is 0 Å². The average Bonchev–Trinajstić information content (AvgIpc) is 3.97. The second-order valence-electron chi connectivity index (χ2n) is 18.5. The lowest BCUT2D eigenvalue weighted by molar-refractivity contribution is -0.136. The third-order valence-electron chi connectivity index (χ3n) is 12.4. The van der Waals surface area contributed by atoms with E-state index in [0.29, 0.717) is 36.2 Å². The minimum absolute atomic E-state index is 0.00892. The lowest BCUT2D eigenvalue weighted by atomic mass is 10.0. The fraction of sp³-hybridized carbons (Fsp3) is 0.490. The molecule has 21 N–H and O–H groups in total. The van der Waals surface area contributed by atoms with Crippen LogP contribution in [0.25, 0.3) is 10.9 Å². The number of para-hydroxylation sites is 1. The quantitative estimate of drug-likeness (QED) is 0.00944. The number of carbonyl (C=O) groups excluding carboxylic acids is 9. The van der Waals surface area contributed by atoms with Gasteiger partial charge in [0.2, 0.25) is 53.7 Å². The van der Waals surface area contributed by atoms with Crippen LogP contribution < -0.4 is 70.8 Å². The summed E-state index contributed by atoms with van der Waals surface area (Å²) in [6, 6.07) is 6.59. The summed E-state index contributed by atoms with van der Waals surface area (Å²) in [4.78, 5) is 123. The summed E-state index contributed by atoms with van der Waals surface area (Å²) in [6.07, 6.45) is 2.26. The molecule has 2 unspecified atom stereocenters. The Morgan fingerprint density at radius 3 is 1.83 bits per heavy atom. The number of amides is 9. The predicted octanol–water partition coefficient (Wildman–Crippen LogP) is -3.62. The minimum Gasteiger partial charge on any atom is -0.399 e. The molecule has 1 aliphatic rings. The number of aliphatic hydroxyl groups excluding tert-OH is 1. The maximum atomic E-state index is 14.5. The molecule has 9 amide bonds. The molecule has 4 rings (SSSR count). The Hall–Kier alpha value is -8.49. The number of aliphatic hydroxyl groups is 1. The molecule has 0 bridgehead atoms. The lowest BCUT2D eigenvalue weighted by Gasteiger charge is -2.27. The predicted molar refractivity (Wildman–Crippen MR) is 281 cm³/mol. The Kier molecular flexibility index (Phi) is 24.2. The van der Waals surface area contributed by atoms with Gasteiger partial charge in [0, 0.05) is 88.1 Å². The fourth-order valence-corrected chi connectivity index (χ4v) is 8.46. The fourth-order valence-electron chi connectivity index (χ4n) is 8.46. The van der Waals surface area contributed by atoms with Gasteiger partial charge in [-0.3, -0.25) is 54.0 Å². The number of guanidine groups is 2. The number of nitrogens with zero attached hydrogens (tertiary/aromatic N) is 1. The summed E-state index contributed by atoms with van der Waals surface area (Å²) in [5.41, 5.74) is 24.8. The van der Waals surface area contributed by atoms with E-state index in [2.05, 4.69) is 52.8 Å². The van der Waals surface area contributed by atoms with E-state index in [1.165, 1.54) is 6.92 Å². The van der Waals surface area contributed by atoms with E-state index in [1.807, 2.05) is 18.2 Å². The molecule has 0 radical (unpaired) electrons. The maximum Gasteiger partial charge on any atom is 0.243 e. The van der Waals surface area contributed by atoms with Crippen LogP contribution in [0.4, 0.5) is 5.69 Å². The summed E-state index contributed by atoms with van der Waals surface area (Å²) in [5.74, 6) is -5.73. The number of rotatable bonds is 32. The van der Waals surface area contributed by atoms with Crippen molar-refractivity contribution in [3.63, 3.8) is 0 Å². The molecule has 0 saturated carbocycles. The van der Waals surface area contributed by atoms with Crippen molar-refractivity contribution in [2.75, 3.05) is 38.5 Å². The van der Waals surface area contributed by atoms with Crippen molar-refractivity contribution in [3.05, 3.63) is 65.9 Å². The van der Waals surface area contributed by atoms with Crippen molar-refractivity contribution in [1.82, 2.24) is 57.7 Å². The molecule has 2 aromatic carbocycles. The molecule has 2 heterocycles. The number of anilines is 1. The van der Waals surface area contributed by atoms with E-state index < -0.39 is 83.7 Å². The van der Waals surface area contributed by atoms with Crippen molar-refractivity contribution in [2.24, 2.45) is 17.2 Å². The van der Waals surface area contributed by atoms with Crippen molar-refractivity contribution in [3.8, 4) is 0 Å². The number of primary amides is 1. The first-order valence-electron chi connectivity index (χ1n) is 25.0. The van der Waals surface area contributed by atoms with Gasteiger partial charge in [-0.25, -0.2) is 0 Å². The summed E-state index contributed by atoms with van der Waals surface area (Å²) < 4.78 is 0. The van der Waals surface area contributed by atoms with Gasteiger partial charge in [0.05, 0.1) is 6.10 Å². The number of benzene rings is 2. The van der Waals surface area contributed by atoms with Gasteiger partial charge in [-0.15, -0.1) is 0 Å². The molecule has 0 spiro atoms. The first kappa shape index (κ1) is 60.1. The van der Waals surface area contributed by atoms with Crippen LogP contribution in [-0.2, 0) is 56.0 Å². The topological polar surface area (TPSA) is 453 Å². The van der Waals surface area contributed by atoms with Gasteiger partial charge in [0.1, 0.15) is 36.3 Å². The highest BCUT2D eigenvalue weighted by atomic mass is 16.3. The van der Waals surface area contributed by atoms with Crippen molar-refractivity contribution in [2.45, 2.75) is 120 Å². The number of H-pyrrole nitrogens is 1. The Morgan fingerprint density at radius 1 is 0.684 bits per heavy atom. The molecule has 1 fully saturated rings. The first-order chi connectivity index (χ1) is 36.2. The second kappa shape index (κ2) is 30.6. The number of nitrogen functional groups attached to an aromatic ring is 1. The second-order valence-corrected chi connectivity index (χ2v) is 18.5. The largest absolute Gasteiger partial charge is 0.399 e. The van der Waals surface area contributed by atoms with Crippen LogP contribution in [0.2, 0.25) is 0 Å². The summed E-state index contributed by atoms with van der Waals surface area (Å²) in [6.45, 7) is 1.90. The van der Waals surface area contributed by atoms with Gasteiger partial charge in [-0.05, 0) is 74.3 Å². The average molecular weight is 1060 g/mol. The third-order valence-corrected chi connectivity index (χ3v) is 12.4. The Morgan fingerprint density at radius 2 is 1.22 bits per heavy atom. The number of fused-ring (bicyclic) bond motifs is 1. The van der Waals surface area contributed by atoms with Gasteiger partial charge in [-0.1, -0.05) is 30.3 Å². The van der Waals surface area contributed by atoms with Gasteiger partial charge in [0.25, 0.3) is 0 Å². The standard InChI is InChI=1S/C49H73N17O10/c1-28(68)61-36(11-5-20-58-48(52)53)43(72)57-19-7-13-41(70)56-18-4-10-35(42(51)71)62-46(75)39(23-30-25-60-34-9-3-2-8-33(30)34)64-44(73)37(12-6-21-59-49(54)55)63-45(74)38(22-29-14-16-31(50)17-15-29)65-47(76)40-24-32(69)26-66(40)27-67/h2-3,8-9,14-17,25,27,32,35-40,60,69H,4-7,10-13,18-24,26,50H2,1H3,(H2,51,71)(H,56,70)(H,57,72)(H,61,68)(H,62,75)(H,63,74)(H,64,73)(H,65,76)(H4,52,53,58)(H4,54,55,59)/t32?,35-,36-,37?,38+,39-,40-/m0/s1. The number of carbonyl (C=O) groups is 9. The van der Waals surface area contributed by atoms with Crippen LogP contribution in [-0.4, -0.2) is 156 Å². The molecule has 1 aromatic heterocycles. The van der Waals surface area contributed by atoms with E-state index in [9.17, 15) is 48.3 Å². The maximum absolute atomic E-state index is 14.5. The molecule has 1 aliphatic heterocycles. The van der Waals surface area contributed by atoms with Gasteiger partial charge >= 0.3 is 0 Å². The summed E-state index contributed by atoms with van der Waals surface area (Å²) in [5, 5.41) is 49.9. The van der Waals surface area contributed by atoms with Crippen molar-refractivity contribution in [1.29, 1.82) is 10.8 Å². The number of likely N-dealkylation sites (tertiary alicyclic amines) is 1. The molecule has 76 heavy (non-hydrogen) atoms. The van der Waals surface area contributed by atoms with Crippen LogP contribution in [0.15, 0.2) is 54.7 Å². The van der Waals surface area contributed by atoms with Crippen LogP contribution in [0.3, 0.4) is 0 Å². The smallest absolute Gasteiger partial charge is 0.243 e. The van der Waals surface area contributed by atoms with Crippen LogP contribution in [0, 0.1) is 10.8 Å². The normalized spacial score (nSPS) is 15.8. The highest BCUT2D eigenvalue weighted by Crippen LogP contribution is 2.20. The number of hydrogen-bond donors (Lipinski definition) is 17. The minimum atomic E-state index is -1.37. The number of nitrogens with two attached hydrogens (primary N) is 4. The van der Waals surface area contributed by atoms with E-state index in [-0.39, 0.29) is 108 Å². The Labute approximate surface area is 439 Å². The number of aromatic nitrogens is 1. The highest BCUT2D eigenvalue weighted by Gasteiger charge is 2.38. The highest BCUT2D eigenvalue weighted by molar-refractivity contribution is 5.97. The monoisotopic (exact) mass is 1060 g/mol. The SMILES string of the molecule is CC(=O)N[C@@H](CCCNC(=N)N)C(=O)NCCCC(=O)NCCC[C@H](NC(=O)[C@H](Cc1c[nH]c2ccccc12)NC(=O)C(CCCNC(=N)N)NC(=O)[C@@H](Cc1ccc(N)cc1)NC(=O)[C@@H]1CC(O)CN1C=O)C(N)=O. The number of hydrogen-bond acceptors (Lipinski definition) is 13. The van der Waals surface area contributed by atoms with Gasteiger partial charge in [-0.2, -0.15) is 0 Å². The Bertz CT molecular complexity index is 2510. The van der Waals surface area contributed by atoms with E-state index in [0.717, 1.165) is 15.8 Å². The molecule has 1 saturated heterocycles. The molecule has 414 valence electrons. The molecule has 27 heteroatoms. The zero-order chi connectivity index (χ0) is 55.7. The third kappa shape index (κ3) is 20.4. The first-order valence-corrected chi connectivity index (χ1v) is 25.0. The number of nitrogens with one attached hydrogen (secondary N) is 12. The van der Waals surface area contributed by atoms with Crippen LogP contribution in [0.1, 0.15) is 75.8 Å². The molecule has 0 aliphatic carbocycles. The molecule has 27 nitrogen and oxygen atoms in total. The number of β-amino-alcohol motifs (C(OH)–C–C–N with tert-alkyl or cyclic N) is 1. The van der Waals surface area contributed by atoms with Gasteiger partial charge in [0.15, 0.2) is 11.9 Å². The van der Waals surface area contributed by atoms with E-state index >= 15 is 0 Å². The zero-order valence-corrected chi connectivity index (χ0v) is 42.5. The molecule has 3 aromatic rings. The van der Waals surface area contributed by atoms with Gasteiger partial charge < -0.3 is 85.8 Å². The van der Waals surface area contributed by atoms with Crippen LogP contribution in [0.5, 0.6) is 0 Å². The summed E-state index contributed by atoms with van der Waals surface area (Å²) in [7, 11) is 0.